The molecule has 1 fully saturated rings. The van der Waals surface area contributed by atoms with E-state index in [2.05, 4.69) is 0 Å². The summed E-state index contributed by atoms with van der Waals surface area (Å²) in [5, 5.41) is 9.13. The van der Waals surface area contributed by atoms with Gasteiger partial charge in [0.1, 0.15) is 0 Å². The van der Waals surface area contributed by atoms with Crippen molar-refractivity contribution in [1.82, 2.24) is 4.90 Å². The minimum atomic E-state index is -4.76. The van der Waals surface area contributed by atoms with E-state index in [0.29, 0.717) is 11.3 Å². The largest absolute Gasteiger partial charge is 0.481 e. The lowest BCUT2D eigenvalue weighted by molar-refractivity contribution is -0.180. The van der Waals surface area contributed by atoms with E-state index >= 15 is 0 Å². The first-order valence-electron chi connectivity index (χ1n) is 5.86. The molecule has 8 heteroatoms. The summed E-state index contributed by atoms with van der Waals surface area (Å²) in [6.07, 6.45) is -3.38. The monoisotopic (exact) mass is 285 g/mol. The van der Waals surface area contributed by atoms with Crippen molar-refractivity contribution in [3.8, 4) is 0 Å². The molecule has 1 rings (SSSR count). The molecule has 0 aromatic carbocycles. The highest BCUT2D eigenvalue weighted by molar-refractivity contribution is 5.86. The third kappa shape index (κ3) is 2.82. The standard InChI is InChI=1S/C11H15F4NO3/c1-2-3-10(9(18)19)4-5-16(6-10)8(17)11(14,15)7(12)13/h7H,2-6H2,1H3,(H,18,19). The number of carbonyl (C=O) groups excluding carboxylic acids is 1. The van der Waals surface area contributed by atoms with Gasteiger partial charge in [-0.3, -0.25) is 9.59 Å². The van der Waals surface area contributed by atoms with Crippen LogP contribution in [0.15, 0.2) is 0 Å². The van der Waals surface area contributed by atoms with Crippen LogP contribution in [0.2, 0.25) is 0 Å². The molecule has 1 atom stereocenters. The predicted octanol–water partition coefficient (Wildman–Crippen LogP) is 1.99. The van der Waals surface area contributed by atoms with Gasteiger partial charge in [-0.1, -0.05) is 13.3 Å². The lowest BCUT2D eigenvalue weighted by Gasteiger charge is -2.26. The quantitative estimate of drug-likeness (QED) is 0.786. The van der Waals surface area contributed by atoms with Gasteiger partial charge in [-0.15, -0.1) is 0 Å². The molecule has 1 amide bonds. The number of hydrogen-bond donors (Lipinski definition) is 1. The zero-order valence-electron chi connectivity index (χ0n) is 10.3. The van der Waals surface area contributed by atoms with Crippen LogP contribution in [-0.4, -0.2) is 47.3 Å². The first kappa shape index (κ1) is 15.7. The number of alkyl halides is 4. The van der Waals surface area contributed by atoms with Crippen LogP contribution < -0.4 is 0 Å². The molecule has 0 bridgehead atoms. The first-order valence-corrected chi connectivity index (χ1v) is 5.86. The Labute approximate surface area is 107 Å². The smallest absolute Gasteiger partial charge is 0.383 e. The molecule has 1 heterocycles. The number of hydrogen-bond acceptors (Lipinski definition) is 2. The van der Waals surface area contributed by atoms with Crippen LogP contribution in [0.25, 0.3) is 0 Å². The van der Waals surface area contributed by atoms with Crippen LogP contribution in [0, 0.1) is 5.41 Å². The molecule has 0 aromatic rings. The number of likely N-dealkylation sites (tertiary alicyclic amines) is 1. The lowest BCUT2D eigenvalue weighted by Crippen LogP contribution is -2.48. The highest BCUT2D eigenvalue weighted by atomic mass is 19.3. The molecule has 19 heavy (non-hydrogen) atoms. The maximum Gasteiger partial charge on any atom is 0.383 e. The Kier molecular flexibility index (Phi) is 4.42. The van der Waals surface area contributed by atoms with Crippen molar-refractivity contribution in [2.24, 2.45) is 5.41 Å². The van der Waals surface area contributed by atoms with E-state index in [0.717, 1.165) is 0 Å². The van der Waals surface area contributed by atoms with Crippen molar-refractivity contribution >= 4 is 11.9 Å². The van der Waals surface area contributed by atoms with Gasteiger partial charge in [-0.25, -0.2) is 8.78 Å². The van der Waals surface area contributed by atoms with Gasteiger partial charge in [0.05, 0.1) is 5.41 Å². The summed E-state index contributed by atoms with van der Waals surface area (Å²) in [6.45, 7) is 1.04. The SMILES string of the molecule is CCCC1(C(=O)O)CCN(C(=O)C(F)(F)C(F)F)C1. The first-order chi connectivity index (χ1) is 8.67. The number of amides is 1. The number of carboxylic acid groups (broad SMARTS) is 1. The van der Waals surface area contributed by atoms with E-state index in [9.17, 15) is 27.2 Å². The number of nitrogens with zero attached hydrogens (tertiary/aromatic N) is 1. The average Bonchev–Trinajstić information content (AvgIpc) is 2.73. The maximum absolute atomic E-state index is 12.9. The molecule has 1 N–H and O–H groups in total. The lowest BCUT2D eigenvalue weighted by atomic mass is 9.83. The predicted molar refractivity (Wildman–Crippen MR) is 57.1 cm³/mol. The number of carboxylic acids is 1. The van der Waals surface area contributed by atoms with E-state index in [4.69, 9.17) is 5.11 Å². The van der Waals surface area contributed by atoms with Crippen molar-refractivity contribution in [3.05, 3.63) is 0 Å². The fraction of sp³-hybridized carbons (Fsp3) is 0.818. The fourth-order valence-corrected chi connectivity index (χ4v) is 2.31. The van der Waals surface area contributed by atoms with Gasteiger partial charge in [0.15, 0.2) is 0 Å². The number of aliphatic carboxylic acids is 1. The maximum atomic E-state index is 12.9. The summed E-state index contributed by atoms with van der Waals surface area (Å²) in [6, 6.07) is 0. The van der Waals surface area contributed by atoms with Crippen LogP contribution in [0.1, 0.15) is 26.2 Å². The second kappa shape index (κ2) is 5.34. The minimum absolute atomic E-state index is 0.00122. The molecule has 110 valence electrons. The van der Waals surface area contributed by atoms with Gasteiger partial charge >= 0.3 is 18.3 Å². The normalized spacial score (nSPS) is 24.0. The number of halogens is 4. The average molecular weight is 285 g/mol. The Bertz CT molecular complexity index is 375. The summed E-state index contributed by atoms with van der Waals surface area (Å²) >= 11 is 0. The van der Waals surface area contributed by atoms with Crippen molar-refractivity contribution in [3.63, 3.8) is 0 Å². The molecule has 1 aliphatic rings. The van der Waals surface area contributed by atoms with Gasteiger partial charge in [-0.2, -0.15) is 8.78 Å². The van der Waals surface area contributed by atoms with Crippen LogP contribution in [0.5, 0.6) is 0 Å². The molecule has 0 spiro atoms. The van der Waals surface area contributed by atoms with E-state index in [1.807, 2.05) is 0 Å². The topological polar surface area (TPSA) is 57.6 Å². The second-order valence-electron chi connectivity index (χ2n) is 4.74. The van der Waals surface area contributed by atoms with E-state index in [1.54, 1.807) is 6.92 Å². The van der Waals surface area contributed by atoms with Gasteiger partial charge in [0.2, 0.25) is 0 Å². The summed E-state index contributed by atoms with van der Waals surface area (Å²) in [5.41, 5.74) is -1.30. The molecule has 1 saturated heterocycles. The van der Waals surface area contributed by atoms with E-state index in [1.165, 1.54) is 0 Å². The molecule has 0 saturated carbocycles. The van der Waals surface area contributed by atoms with Gasteiger partial charge in [0, 0.05) is 13.1 Å². The minimum Gasteiger partial charge on any atom is -0.481 e. The fourth-order valence-electron chi connectivity index (χ4n) is 2.31. The Morgan fingerprint density at radius 3 is 2.42 bits per heavy atom. The zero-order valence-corrected chi connectivity index (χ0v) is 10.3. The molecular formula is C11H15F4NO3. The highest BCUT2D eigenvalue weighted by Gasteiger charge is 2.55. The molecule has 1 aliphatic heterocycles. The Morgan fingerprint density at radius 1 is 1.42 bits per heavy atom. The summed E-state index contributed by atoms with van der Waals surface area (Å²) in [5.74, 6) is -7.95. The Morgan fingerprint density at radius 2 is 2.00 bits per heavy atom. The van der Waals surface area contributed by atoms with E-state index < -0.39 is 36.2 Å². The summed E-state index contributed by atoms with van der Waals surface area (Å²) < 4.78 is 50.1. The van der Waals surface area contributed by atoms with Crippen LogP contribution >= 0.6 is 0 Å². The summed E-state index contributed by atoms with van der Waals surface area (Å²) in [7, 11) is 0. The van der Waals surface area contributed by atoms with Crippen LogP contribution in [-0.2, 0) is 9.59 Å². The Hall–Kier alpha value is -1.34. The van der Waals surface area contributed by atoms with Crippen molar-refractivity contribution in [1.29, 1.82) is 0 Å². The molecule has 0 aromatic heterocycles. The van der Waals surface area contributed by atoms with Gasteiger partial charge in [0.25, 0.3) is 5.91 Å². The van der Waals surface area contributed by atoms with Gasteiger partial charge < -0.3 is 10.0 Å². The molecule has 0 aliphatic carbocycles. The molecule has 1 unspecified atom stereocenters. The van der Waals surface area contributed by atoms with Crippen molar-refractivity contribution in [2.45, 2.75) is 38.5 Å². The summed E-state index contributed by atoms with van der Waals surface area (Å²) in [4.78, 5) is 23.0. The van der Waals surface area contributed by atoms with Crippen molar-refractivity contribution < 1.29 is 32.3 Å². The van der Waals surface area contributed by atoms with Crippen LogP contribution in [0.4, 0.5) is 17.6 Å². The zero-order chi connectivity index (χ0) is 14.8. The van der Waals surface area contributed by atoms with Crippen molar-refractivity contribution in [2.75, 3.05) is 13.1 Å². The van der Waals surface area contributed by atoms with Gasteiger partial charge in [-0.05, 0) is 12.8 Å². The number of rotatable bonds is 5. The highest BCUT2D eigenvalue weighted by Crippen LogP contribution is 2.38. The molecule has 0 radical (unpaired) electrons. The molecule has 4 nitrogen and oxygen atoms in total. The van der Waals surface area contributed by atoms with Crippen LogP contribution in [0.3, 0.4) is 0 Å². The third-order valence-electron chi connectivity index (χ3n) is 3.38. The Balaban J connectivity index is 2.86. The number of carbonyl (C=O) groups is 2. The second-order valence-corrected chi connectivity index (χ2v) is 4.74. The molecular weight excluding hydrogens is 270 g/mol. The third-order valence-corrected chi connectivity index (χ3v) is 3.38. The van der Waals surface area contributed by atoms with E-state index in [-0.39, 0.29) is 19.4 Å².